The molecule has 8 heteroatoms. The Kier molecular flexibility index (Phi) is 6.11. The fraction of sp³-hybridized carbons (Fsp3) is 0.0833. The molecule has 0 saturated heterocycles. The van der Waals surface area contributed by atoms with Gasteiger partial charge < -0.3 is 10.3 Å². The van der Waals surface area contributed by atoms with Crippen molar-refractivity contribution in [1.82, 2.24) is 9.97 Å². The van der Waals surface area contributed by atoms with Gasteiger partial charge in [0.05, 0.1) is 5.56 Å². The standard InChI is InChI=1S/C12H10N2O2S.HNO2/c1-8-3-2-5-14-11(8)17-10-7-13-6-4-9(10)12(15)16;2-1-3/h2-7H,1H3,(H,15,16);(H,2,3). The summed E-state index contributed by atoms with van der Waals surface area (Å²) in [5, 5.41) is 17.7. The zero-order valence-electron chi connectivity index (χ0n) is 10.4. The van der Waals surface area contributed by atoms with Crippen molar-refractivity contribution in [1.29, 1.82) is 0 Å². The monoisotopic (exact) mass is 293 g/mol. The fourth-order valence-corrected chi connectivity index (χ4v) is 2.25. The molecule has 0 aliphatic carbocycles. The minimum absolute atomic E-state index is 0.245. The number of carboxylic acids is 1. The first-order chi connectivity index (χ1) is 9.60. The molecule has 2 heterocycles. The van der Waals surface area contributed by atoms with Gasteiger partial charge in [-0.25, -0.2) is 9.78 Å². The van der Waals surface area contributed by atoms with E-state index < -0.39 is 5.97 Å². The second kappa shape index (κ2) is 7.85. The lowest BCUT2D eigenvalue weighted by Crippen LogP contribution is -1.99. The topological polar surface area (TPSA) is 113 Å². The van der Waals surface area contributed by atoms with Crippen molar-refractivity contribution in [2.24, 2.45) is 5.34 Å². The molecule has 7 nitrogen and oxygen atoms in total. The lowest BCUT2D eigenvalue weighted by atomic mass is 10.3. The fourth-order valence-electron chi connectivity index (χ4n) is 1.32. The molecule has 2 N–H and O–H groups in total. The molecule has 0 amide bonds. The van der Waals surface area contributed by atoms with Crippen molar-refractivity contribution in [2.45, 2.75) is 16.8 Å². The molecule has 0 atom stereocenters. The number of nitrogens with zero attached hydrogens (tertiary/aromatic N) is 3. The number of hydrogen-bond donors (Lipinski definition) is 2. The SMILES string of the molecule is Cc1cccnc1Sc1cnccc1C(=O)O.O=NO. The van der Waals surface area contributed by atoms with Crippen LogP contribution in [0.15, 0.2) is 52.1 Å². The Labute approximate surface area is 118 Å². The summed E-state index contributed by atoms with van der Waals surface area (Å²) in [5.41, 5.74) is 1.26. The van der Waals surface area contributed by atoms with Crippen LogP contribution in [-0.2, 0) is 0 Å². The Morgan fingerprint density at radius 2 is 2.05 bits per heavy atom. The summed E-state index contributed by atoms with van der Waals surface area (Å²) >= 11 is 1.31. The normalized spacial score (nSPS) is 9.25. The maximum absolute atomic E-state index is 11.0. The molecule has 0 radical (unpaired) electrons. The van der Waals surface area contributed by atoms with E-state index in [1.807, 2.05) is 19.1 Å². The van der Waals surface area contributed by atoms with Gasteiger partial charge in [0.25, 0.3) is 0 Å². The molecule has 0 bridgehead atoms. The highest BCUT2D eigenvalue weighted by Crippen LogP contribution is 2.30. The van der Waals surface area contributed by atoms with Gasteiger partial charge in [-0.2, -0.15) is 0 Å². The summed E-state index contributed by atoms with van der Waals surface area (Å²) in [5.74, 6) is -0.955. The summed E-state index contributed by atoms with van der Waals surface area (Å²) in [4.78, 5) is 27.9. The second-order valence-electron chi connectivity index (χ2n) is 3.49. The van der Waals surface area contributed by atoms with Crippen LogP contribution in [0.25, 0.3) is 0 Å². The van der Waals surface area contributed by atoms with Crippen LogP contribution >= 0.6 is 11.8 Å². The van der Waals surface area contributed by atoms with Crippen molar-refractivity contribution in [3.8, 4) is 0 Å². The predicted octanol–water partition coefficient (Wildman–Crippen LogP) is 2.78. The summed E-state index contributed by atoms with van der Waals surface area (Å²) in [6.45, 7) is 1.94. The highest BCUT2D eigenvalue weighted by molar-refractivity contribution is 7.99. The van der Waals surface area contributed by atoms with E-state index in [0.717, 1.165) is 10.6 Å². The molecule has 0 aliphatic rings. The molecular weight excluding hydrogens is 282 g/mol. The van der Waals surface area contributed by atoms with Crippen LogP contribution in [0.2, 0.25) is 0 Å². The third kappa shape index (κ3) is 4.32. The average molecular weight is 293 g/mol. The molecular formula is C12H11N3O4S. The molecule has 20 heavy (non-hydrogen) atoms. The quantitative estimate of drug-likeness (QED) is 0.660. The van der Waals surface area contributed by atoms with Gasteiger partial charge >= 0.3 is 5.97 Å². The van der Waals surface area contributed by atoms with Crippen LogP contribution in [0.1, 0.15) is 15.9 Å². The van der Waals surface area contributed by atoms with E-state index in [1.54, 1.807) is 12.4 Å². The Morgan fingerprint density at radius 3 is 2.65 bits per heavy atom. The van der Waals surface area contributed by atoms with Crippen LogP contribution in [0.4, 0.5) is 0 Å². The van der Waals surface area contributed by atoms with Crippen molar-refractivity contribution in [2.75, 3.05) is 0 Å². The molecule has 0 aliphatic heterocycles. The van der Waals surface area contributed by atoms with Gasteiger partial charge in [0.1, 0.15) is 5.03 Å². The Balaban J connectivity index is 0.000000612. The Morgan fingerprint density at radius 1 is 1.35 bits per heavy atom. The first-order valence-electron chi connectivity index (χ1n) is 5.33. The highest BCUT2D eigenvalue weighted by Gasteiger charge is 2.12. The van der Waals surface area contributed by atoms with E-state index in [9.17, 15) is 4.79 Å². The first kappa shape index (κ1) is 15.6. The van der Waals surface area contributed by atoms with Gasteiger partial charge in [0.2, 0.25) is 0 Å². The number of carboxylic acid groups (broad SMARTS) is 1. The van der Waals surface area contributed by atoms with E-state index in [-0.39, 0.29) is 5.56 Å². The zero-order chi connectivity index (χ0) is 15.0. The number of hydrogen-bond acceptors (Lipinski definition) is 6. The van der Waals surface area contributed by atoms with E-state index in [2.05, 4.69) is 9.97 Å². The molecule has 0 fully saturated rings. The lowest BCUT2D eigenvalue weighted by Gasteiger charge is -2.05. The van der Waals surface area contributed by atoms with Gasteiger partial charge in [-0.15, -0.1) is 4.91 Å². The Bertz CT molecular complexity index is 607. The van der Waals surface area contributed by atoms with Crippen LogP contribution in [-0.4, -0.2) is 26.3 Å². The maximum atomic E-state index is 11.0. The van der Waals surface area contributed by atoms with Crippen molar-refractivity contribution < 1.29 is 15.1 Å². The zero-order valence-corrected chi connectivity index (χ0v) is 11.2. The van der Waals surface area contributed by atoms with Crippen molar-refractivity contribution >= 4 is 17.7 Å². The third-order valence-electron chi connectivity index (χ3n) is 2.18. The van der Waals surface area contributed by atoms with Gasteiger partial charge in [-0.1, -0.05) is 17.8 Å². The number of pyridine rings is 2. The minimum atomic E-state index is -0.955. The van der Waals surface area contributed by atoms with E-state index >= 15 is 0 Å². The highest BCUT2D eigenvalue weighted by atomic mass is 32.2. The number of carbonyl (C=O) groups is 1. The number of aromatic carboxylic acids is 1. The number of rotatable bonds is 3. The lowest BCUT2D eigenvalue weighted by molar-refractivity contribution is 0.0693. The van der Waals surface area contributed by atoms with Gasteiger partial charge in [0.15, 0.2) is 5.34 Å². The average Bonchev–Trinajstić information content (AvgIpc) is 2.43. The van der Waals surface area contributed by atoms with Crippen LogP contribution < -0.4 is 0 Å². The molecule has 2 rings (SSSR count). The maximum Gasteiger partial charge on any atom is 0.336 e. The second-order valence-corrected chi connectivity index (χ2v) is 4.52. The molecule has 2 aromatic rings. The number of aryl methyl sites for hydroxylation is 1. The van der Waals surface area contributed by atoms with E-state index in [0.29, 0.717) is 4.90 Å². The van der Waals surface area contributed by atoms with E-state index in [1.165, 1.54) is 29.4 Å². The molecule has 0 saturated carbocycles. The summed E-state index contributed by atoms with van der Waals surface area (Å²) in [6.07, 6.45) is 4.70. The minimum Gasteiger partial charge on any atom is -0.478 e. The molecule has 0 aromatic carbocycles. The first-order valence-corrected chi connectivity index (χ1v) is 6.15. The van der Waals surface area contributed by atoms with Gasteiger partial charge in [-0.05, 0) is 24.6 Å². The summed E-state index contributed by atoms with van der Waals surface area (Å²) in [7, 11) is 0. The summed E-state index contributed by atoms with van der Waals surface area (Å²) in [6, 6.07) is 5.27. The molecule has 2 aromatic heterocycles. The number of aromatic nitrogens is 2. The van der Waals surface area contributed by atoms with Gasteiger partial charge in [0, 0.05) is 23.5 Å². The van der Waals surface area contributed by atoms with Crippen molar-refractivity contribution in [3.63, 3.8) is 0 Å². The van der Waals surface area contributed by atoms with Crippen LogP contribution in [0.3, 0.4) is 0 Å². The van der Waals surface area contributed by atoms with E-state index in [4.69, 9.17) is 15.2 Å². The Hall–Kier alpha value is -2.48. The largest absolute Gasteiger partial charge is 0.478 e. The molecule has 0 spiro atoms. The third-order valence-corrected chi connectivity index (χ3v) is 3.35. The molecule has 0 unspecified atom stereocenters. The molecule has 104 valence electrons. The predicted molar refractivity (Wildman–Crippen MR) is 71.9 cm³/mol. The van der Waals surface area contributed by atoms with Crippen LogP contribution in [0, 0.1) is 11.8 Å². The van der Waals surface area contributed by atoms with Crippen LogP contribution in [0.5, 0.6) is 0 Å². The van der Waals surface area contributed by atoms with Crippen molar-refractivity contribution in [3.05, 3.63) is 52.8 Å². The summed E-state index contributed by atoms with van der Waals surface area (Å²) < 4.78 is 0. The van der Waals surface area contributed by atoms with Gasteiger partial charge in [-0.3, -0.25) is 4.98 Å². The smallest absolute Gasteiger partial charge is 0.336 e.